The zero-order valence-electron chi connectivity index (χ0n) is 14.6. The Balaban J connectivity index is 0.00000225. The van der Waals surface area contributed by atoms with Gasteiger partial charge in [-0.3, -0.25) is 0 Å². The van der Waals surface area contributed by atoms with Crippen molar-refractivity contribution >= 4 is 41.5 Å². The quantitative estimate of drug-likeness (QED) is 0.409. The molecule has 1 aromatic rings. The second-order valence-electron chi connectivity index (χ2n) is 6.20. The molecule has 0 aliphatic carbocycles. The van der Waals surface area contributed by atoms with Crippen LogP contribution in [0.25, 0.3) is 0 Å². The van der Waals surface area contributed by atoms with Gasteiger partial charge in [0.25, 0.3) is 0 Å². The Hall–Kier alpha value is -0.570. The van der Waals surface area contributed by atoms with Gasteiger partial charge in [-0.25, -0.2) is 4.99 Å². The maximum absolute atomic E-state index is 5.94. The summed E-state index contributed by atoms with van der Waals surface area (Å²) in [6.07, 6.45) is 2.60. The number of hydrogen-bond donors (Lipinski definition) is 1. The highest BCUT2D eigenvalue weighted by molar-refractivity contribution is 14.0. The molecule has 0 saturated carbocycles. The Morgan fingerprint density at radius 3 is 2.68 bits per heavy atom. The van der Waals surface area contributed by atoms with E-state index in [2.05, 4.69) is 17.1 Å². The summed E-state index contributed by atoms with van der Waals surface area (Å²) in [6.45, 7) is 6.84. The fourth-order valence-electron chi connectivity index (χ4n) is 3.17. The van der Waals surface area contributed by atoms with E-state index in [0.717, 1.165) is 62.2 Å². The van der Waals surface area contributed by atoms with E-state index in [1.165, 1.54) is 0 Å². The molecule has 1 N–H and O–H groups in total. The molecule has 2 unspecified atom stereocenters. The van der Waals surface area contributed by atoms with Gasteiger partial charge < -0.3 is 19.7 Å². The molecule has 0 bridgehead atoms. The molecule has 1 aromatic carbocycles. The number of ether oxygens (including phenoxy) is 2. The minimum absolute atomic E-state index is 0. The van der Waals surface area contributed by atoms with Crippen molar-refractivity contribution in [3.63, 3.8) is 0 Å². The van der Waals surface area contributed by atoms with Crippen LogP contribution in [0.4, 0.5) is 0 Å². The van der Waals surface area contributed by atoms with Crippen LogP contribution in [0.5, 0.6) is 0 Å². The number of benzene rings is 1. The SMILES string of the molecule is CCNC(=NCc1ccc(Cl)cc1)N1CCOC(C2CCCO2)C1.I. The number of morpholine rings is 1. The van der Waals surface area contributed by atoms with Gasteiger partial charge in [-0.05, 0) is 37.5 Å². The molecule has 0 amide bonds. The molecule has 5 nitrogen and oxygen atoms in total. The fraction of sp³-hybridized carbons (Fsp3) is 0.611. The van der Waals surface area contributed by atoms with E-state index in [-0.39, 0.29) is 36.2 Å². The Kier molecular flexibility index (Phi) is 8.75. The molecule has 25 heavy (non-hydrogen) atoms. The Bertz CT molecular complexity index is 550. The Morgan fingerprint density at radius 2 is 2.00 bits per heavy atom. The van der Waals surface area contributed by atoms with E-state index in [1.54, 1.807) is 0 Å². The largest absolute Gasteiger partial charge is 0.375 e. The van der Waals surface area contributed by atoms with Gasteiger partial charge in [0.1, 0.15) is 6.10 Å². The Labute approximate surface area is 172 Å². The molecule has 0 radical (unpaired) electrons. The number of nitrogens with one attached hydrogen (secondary N) is 1. The van der Waals surface area contributed by atoms with E-state index >= 15 is 0 Å². The zero-order chi connectivity index (χ0) is 16.8. The van der Waals surface area contributed by atoms with Gasteiger partial charge in [-0.2, -0.15) is 0 Å². The van der Waals surface area contributed by atoms with Crippen molar-refractivity contribution in [1.29, 1.82) is 0 Å². The first-order chi connectivity index (χ1) is 11.8. The minimum Gasteiger partial charge on any atom is -0.375 e. The van der Waals surface area contributed by atoms with Crippen LogP contribution in [-0.4, -0.2) is 55.9 Å². The third-order valence-corrected chi connectivity index (χ3v) is 4.68. The van der Waals surface area contributed by atoms with Crippen molar-refractivity contribution in [2.45, 2.75) is 38.5 Å². The maximum Gasteiger partial charge on any atom is 0.194 e. The van der Waals surface area contributed by atoms with E-state index < -0.39 is 0 Å². The van der Waals surface area contributed by atoms with E-state index in [1.807, 2.05) is 24.3 Å². The molecule has 7 heteroatoms. The normalized spacial score (nSPS) is 24.1. The molecule has 0 aromatic heterocycles. The highest BCUT2D eigenvalue weighted by Gasteiger charge is 2.32. The first-order valence-electron chi connectivity index (χ1n) is 8.77. The first-order valence-corrected chi connectivity index (χ1v) is 9.15. The van der Waals surface area contributed by atoms with Gasteiger partial charge in [0, 0.05) is 31.3 Å². The first kappa shape index (κ1) is 20.7. The van der Waals surface area contributed by atoms with Gasteiger partial charge >= 0.3 is 0 Å². The summed E-state index contributed by atoms with van der Waals surface area (Å²) in [5.74, 6) is 0.943. The minimum atomic E-state index is 0. The number of aliphatic imine (C=N–C) groups is 1. The number of hydrogen-bond acceptors (Lipinski definition) is 3. The average molecular weight is 480 g/mol. The third kappa shape index (κ3) is 5.98. The van der Waals surface area contributed by atoms with Crippen molar-refractivity contribution in [3.8, 4) is 0 Å². The van der Waals surface area contributed by atoms with Crippen LogP contribution in [0.3, 0.4) is 0 Å². The lowest BCUT2D eigenvalue weighted by molar-refractivity contribution is -0.0817. The number of guanidine groups is 1. The number of halogens is 2. The molecule has 2 aliphatic rings. The highest BCUT2D eigenvalue weighted by Crippen LogP contribution is 2.21. The summed E-state index contributed by atoms with van der Waals surface area (Å²) < 4.78 is 11.7. The molecule has 3 rings (SSSR count). The van der Waals surface area contributed by atoms with E-state index in [9.17, 15) is 0 Å². The monoisotopic (exact) mass is 479 g/mol. The fourth-order valence-corrected chi connectivity index (χ4v) is 3.30. The predicted molar refractivity (Wildman–Crippen MR) is 112 cm³/mol. The van der Waals surface area contributed by atoms with Crippen LogP contribution in [-0.2, 0) is 16.0 Å². The number of nitrogens with zero attached hydrogens (tertiary/aromatic N) is 2. The lowest BCUT2D eigenvalue weighted by atomic mass is 10.1. The summed E-state index contributed by atoms with van der Waals surface area (Å²) >= 11 is 5.94. The van der Waals surface area contributed by atoms with E-state index in [0.29, 0.717) is 6.54 Å². The van der Waals surface area contributed by atoms with Crippen molar-refractivity contribution in [3.05, 3.63) is 34.9 Å². The van der Waals surface area contributed by atoms with E-state index in [4.69, 9.17) is 26.1 Å². The topological polar surface area (TPSA) is 46.1 Å². The molecule has 2 heterocycles. The highest BCUT2D eigenvalue weighted by atomic mass is 127. The van der Waals surface area contributed by atoms with Gasteiger partial charge in [-0.1, -0.05) is 23.7 Å². The Morgan fingerprint density at radius 1 is 1.24 bits per heavy atom. The van der Waals surface area contributed by atoms with Gasteiger partial charge in [-0.15, -0.1) is 24.0 Å². The molecular weight excluding hydrogens is 453 g/mol. The van der Waals surface area contributed by atoms with Crippen molar-refractivity contribution in [2.75, 3.05) is 32.8 Å². The van der Waals surface area contributed by atoms with Crippen molar-refractivity contribution < 1.29 is 9.47 Å². The van der Waals surface area contributed by atoms with Crippen LogP contribution in [0, 0.1) is 0 Å². The average Bonchev–Trinajstić information content (AvgIpc) is 3.15. The molecule has 140 valence electrons. The van der Waals surface area contributed by atoms with Gasteiger partial charge in [0.15, 0.2) is 5.96 Å². The molecule has 2 atom stereocenters. The maximum atomic E-state index is 5.94. The smallest absolute Gasteiger partial charge is 0.194 e. The summed E-state index contributed by atoms with van der Waals surface area (Å²) in [5, 5.41) is 4.15. The van der Waals surface area contributed by atoms with Crippen LogP contribution < -0.4 is 5.32 Å². The number of rotatable bonds is 4. The zero-order valence-corrected chi connectivity index (χ0v) is 17.7. The summed E-state index contributed by atoms with van der Waals surface area (Å²) in [6, 6.07) is 7.84. The predicted octanol–water partition coefficient (Wildman–Crippen LogP) is 3.30. The third-order valence-electron chi connectivity index (χ3n) is 4.43. The lowest BCUT2D eigenvalue weighted by Crippen LogP contribution is -2.53. The summed E-state index contributed by atoms with van der Waals surface area (Å²) in [7, 11) is 0. The standard InChI is InChI=1S/C18H26ClN3O2.HI/c1-2-20-18(21-12-14-5-7-15(19)8-6-14)22-9-11-24-17(13-22)16-4-3-10-23-16;/h5-8,16-17H,2-4,9-13H2,1H3,(H,20,21);1H. The molecular formula is C18H27ClIN3O2. The van der Waals surface area contributed by atoms with Crippen LogP contribution >= 0.6 is 35.6 Å². The molecule has 2 saturated heterocycles. The molecule has 0 spiro atoms. The van der Waals surface area contributed by atoms with Crippen molar-refractivity contribution in [2.24, 2.45) is 4.99 Å². The lowest BCUT2D eigenvalue weighted by Gasteiger charge is -2.37. The second kappa shape index (κ2) is 10.5. The van der Waals surface area contributed by atoms with Crippen LogP contribution in [0.15, 0.2) is 29.3 Å². The van der Waals surface area contributed by atoms with Gasteiger partial charge in [0.05, 0.1) is 19.3 Å². The van der Waals surface area contributed by atoms with Gasteiger partial charge in [0.2, 0.25) is 0 Å². The van der Waals surface area contributed by atoms with Crippen LogP contribution in [0.2, 0.25) is 5.02 Å². The van der Waals surface area contributed by atoms with Crippen molar-refractivity contribution in [1.82, 2.24) is 10.2 Å². The summed E-state index contributed by atoms with van der Waals surface area (Å²) in [5.41, 5.74) is 1.15. The molecule has 2 fully saturated rings. The molecule has 2 aliphatic heterocycles. The van der Waals surface area contributed by atoms with Crippen LogP contribution in [0.1, 0.15) is 25.3 Å². The summed E-state index contributed by atoms with van der Waals surface area (Å²) in [4.78, 5) is 7.08. The second-order valence-corrected chi connectivity index (χ2v) is 6.64.